The average Bonchev–Trinajstić information content (AvgIpc) is 3.20. The van der Waals surface area contributed by atoms with E-state index in [1.165, 1.54) is 9.80 Å². The summed E-state index contributed by atoms with van der Waals surface area (Å²) in [5, 5.41) is 3.78. The highest BCUT2D eigenvalue weighted by molar-refractivity contribution is 6.36. The van der Waals surface area contributed by atoms with Crippen LogP contribution in [-0.2, 0) is 32.1 Å². The molecule has 0 bridgehead atoms. The first kappa shape index (κ1) is 29.8. The summed E-state index contributed by atoms with van der Waals surface area (Å²) in [5.74, 6) is -1.85. The summed E-state index contributed by atoms with van der Waals surface area (Å²) < 4.78 is 0. The number of nitrogens with zero attached hydrogens (tertiary/aromatic N) is 2. The first-order valence-electron chi connectivity index (χ1n) is 13.8. The zero-order chi connectivity index (χ0) is 28.8. The first-order valence-corrected chi connectivity index (χ1v) is 14.5. The van der Waals surface area contributed by atoms with Gasteiger partial charge in [0.25, 0.3) is 0 Å². The highest BCUT2D eigenvalue weighted by atomic mass is 35.5. The van der Waals surface area contributed by atoms with Crippen molar-refractivity contribution in [1.82, 2.24) is 15.1 Å². The van der Waals surface area contributed by atoms with Crippen LogP contribution in [0.5, 0.6) is 0 Å². The highest BCUT2D eigenvalue weighted by Crippen LogP contribution is 2.35. The van der Waals surface area contributed by atoms with Crippen molar-refractivity contribution in [2.75, 3.05) is 6.54 Å². The van der Waals surface area contributed by atoms with Crippen molar-refractivity contribution < 1.29 is 19.2 Å². The molecule has 0 saturated carbocycles. The number of hydrogen-bond donors (Lipinski definition) is 1. The number of hydrogen-bond acceptors (Lipinski definition) is 4. The van der Waals surface area contributed by atoms with Crippen molar-refractivity contribution in [3.63, 3.8) is 0 Å². The fourth-order valence-electron chi connectivity index (χ4n) is 5.29. The molecule has 9 heteroatoms. The minimum Gasteiger partial charge on any atom is -0.352 e. The van der Waals surface area contributed by atoms with E-state index in [-0.39, 0.29) is 67.4 Å². The molecule has 212 valence electrons. The predicted molar refractivity (Wildman–Crippen MR) is 156 cm³/mol. The molecule has 1 heterocycles. The molecule has 4 amide bonds. The summed E-state index contributed by atoms with van der Waals surface area (Å²) in [6.07, 6.45) is 5.81. The highest BCUT2D eigenvalue weighted by Gasteiger charge is 2.47. The van der Waals surface area contributed by atoms with E-state index in [2.05, 4.69) is 5.32 Å². The summed E-state index contributed by atoms with van der Waals surface area (Å²) in [6, 6.07) is 13.6. The number of carbonyl (C=O) groups is 4. The van der Waals surface area contributed by atoms with Crippen LogP contribution < -0.4 is 5.32 Å². The Morgan fingerprint density at radius 1 is 0.975 bits per heavy atom. The van der Waals surface area contributed by atoms with E-state index in [9.17, 15) is 19.2 Å². The summed E-state index contributed by atoms with van der Waals surface area (Å²) in [7, 11) is 0. The van der Waals surface area contributed by atoms with Crippen molar-refractivity contribution >= 4 is 46.8 Å². The maximum atomic E-state index is 13.9. The van der Waals surface area contributed by atoms with Gasteiger partial charge in [0, 0.05) is 47.6 Å². The lowest BCUT2D eigenvalue weighted by atomic mass is 9.85. The number of benzene rings is 2. The van der Waals surface area contributed by atoms with E-state index in [0.717, 1.165) is 12.0 Å². The van der Waals surface area contributed by atoms with Gasteiger partial charge in [0.2, 0.25) is 23.6 Å². The van der Waals surface area contributed by atoms with Gasteiger partial charge in [-0.25, -0.2) is 0 Å². The van der Waals surface area contributed by atoms with Crippen LogP contribution in [0.3, 0.4) is 0 Å². The van der Waals surface area contributed by atoms with Crippen molar-refractivity contribution in [2.24, 2.45) is 11.8 Å². The van der Waals surface area contributed by atoms with Crippen molar-refractivity contribution in [3.8, 4) is 0 Å². The number of carbonyl (C=O) groups excluding carboxylic acids is 4. The van der Waals surface area contributed by atoms with Crippen LogP contribution in [0, 0.1) is 11.8 Å². The molecular formula is C31H35Cl2N3O4. The first-order chi connectivity index (χ1) is 19.2. The minimum absolute atomic E-state index is 0.000170. The maximum absolute atomic E-state index is 13.9. The van der Waals surface area contributed by atoms with Gasteiger partial charge in [0.05, 0.1) is 11.8 Å². The molecule has 1 fully saturated rings. The zero-order valence-corrected chi connectivity index (χ0v) is 24.3. The van der Waals surface area contributed by atoms with Crippen molar-refractivity contribution in [1.29, 1.82) is 0 Å². The number of imide groups is 1. The number of allylic oxidation sites excluding steroid dienone is 2. The van der Waals surface area contributed by atoms with Gasteiger partial charge in [-0.05, 0) is 43.9 Å². The topological polar surface area (TPSA) is 86.8 Å². The molecule has 0 spiro atoms. The second-order valence-electron chi connectivity index (χ2n) is 10.5. The molecule has 1 aliphatic carbocycles. The Morgan fingerprint density at radius 2 is 1.57 bits per heavy atom. The molecule has 0 radical (unpaired) electrons. The third-order valence-corrected chi connectivity index (χ3v) is 8.52. The molecule has 4 rings (SSSR count). The molecule has 2 aromatic rings. The van der Waals surface area contributed by atoms with Crippen LogP contribution in [0.2, 0.25) is 10.0 Å². The molecule has 1 aliphatic heterocycles. The third kappa shape index (κ3) is 6.76. The number of likely N-dealkylation sites (tertiary alicyclic amines) is 1. The molecule has 1 saturated heterocycles. The smallest absolute Gasteiger partial charge is 0.243 e. The van der Waals surface area contributed by atoms with Gasteiger partial charge < -0.3 is 10.2 Å². The van der Waals surface area contributed by atoms with E-state index < -0.39 is 6.04 Å². The van der Waals surface area contributed by atoms with Gasteiger partial charge in [-0.15, -0.1) is 0 Å². The maximum Gasteiger partial charge on any atom is 0.243 e. The van der Waals surface area contributed by atoms with Crippen LogP contribution in [0.15, 0.2) is 60.7 Å². The second-order valence-corrected chi connectivity index (χ2v) is 11.3. The standard InChI is InChI=1S/C31H35Cl2N3O4/c1-3-20(2)34-29(38)27(18-21-10-5-4-6-11-21)36(19-24-25(32)14-9-15-26(24)33)28(37)16-17-35-30(39)22-12-7-8-13-23(22)31(35)40/h4-11,14-15,20,22-23,27H,3,12-13,16-19H2,1-2H3,(H,34,38)/t20-,22-,23+,27+/m0/s1. The Morgan fingerprint density at radius 3 is 2.15 bits per heavy atom. The normalized spacial score (nSPS) is 19.8. The Bertz CT molecular complexity index is 1240. The number of fused-ring (bicyclic) bond motifs is 1. The summed E-state index contributed by atoms with van der Waals surface area (Å²) >= 11 is 13.0. The fourth-order valence-corrected chi connectivity index (χ4v) is 5.81. The molecule has 2 aliphatic rings. The molecule has 7 nitrogen and oxygen atoms in total. The Kier molecular flexibility index (Phi) is 10.0. The molecule has 1 N–H and O–H groups in total. The van der Waals surface area contributed by atoms with E-state index >= 15 is 0 Å². The van der Waals surface area contributed by atoms with Gasteiger partial charge in [0.1, 0.15) is 6.04 Å². The van der Waals surface area contributed by atoms with Gasteiger partial charge in [0.15, 0.2) is 0 Å². The minimum atomic E-state index is -0.868. The lowest BCUT2D eigenvalue weighted by Gasteiger charge is -2.33. The van der Waals surface area contributed by atoms with Crippen LogP contribution >= 0.6 is 23.2 Å². The fraction of sp³-hybridized carbons (Fsp3) is 0.419. The van der Waals surface area contributed by atoms with Crippen LogP contribution in [0.4, 0.5) is 0 Å². The van der Waals surface area contributed by atoms with Gasteiger partial charge in [-0.1, -0.05) is 78.7 Å². The SMILES string of the molecule is CC[C@H](C)NC(=O)[C@@H](Cc1ccccc1)N(Cc1c(Cl)cccc1Cl)C(=O)CCN1C(=O)[C@H]2CC=CC[C@H]2C1=O. The number of halogens is 2. The molecule has 4 atom stereocenters. The van der Waals surface area contributed by atoms with E-state index in [0.29, 0.717) is 28.5 Å². The Labute approximate surface area is 245 Å². The quantitative estimate of drug-likeness (QED) is 0.291. The predicted octanol–water partition coefficient (Wildman–Crippen LogP) is 5.19. The summed E-state index contributed by atoms with van der Waals surface area (Å²) in [6.45, 7) is 3.84. The van der Waals surface area contributed by atoms with Crippen molar-refractivity contribution in [3.05, 3.63) is 81.9 Å². The Hall–Kier alpha value is -3.16. The Balaban J connectivity index is 1.63. The number of amides is 4. The van der Waals surface area contributed by atoms with Crippen LogP contribution in [-0.4, -0.2) is 52.1 Å². The second kappa shape index (κ2) is 13.5. The van der Waals surface area contributed by atoms with Crippen LogP contribution in [0.25, 0.3) is 0 Å². The molecule has 0 unspecified atom stereocenters. The van der Waals surface area contributed by atoms with Gasteiger partial charge in [-0.3, -0.25) is 24.1 Å². The van der Waals surface area contributed by atoms with Gasteiger partial charge in [-0.2, -0.15) is 0 Å². The van der Waals surface area contributed by atoms with E-state index in [1.54, 1.807) is 18.2 Å². The number of nitrogens with one attached hydrogen (secondary N) is 1. The lowest BCUT2D eigenvalue weighted by molar-refractivity contribution is -0.144. The third-order valence-electron chi connectivity index (χ3n) is 7.81. The summed E-state index contributed by atoms with van der Waals surface area (Å²) in [4.78, 5) is 56.3. The average molecular weight is 585 g/mol. The summed E-state index contributed by atoms with van der Waals surface area (Å²) in [5.41, 5.74) is 1.41. The van der Waals surface area contributed by atoms with E-state index in [1.807, 2.05) is 56.3 Å². The zero-order valence-electron chi connectivity index (χ0n) is 22.8. The molecule has 2 aromatic carbocycles. The van der Waals surface area contributed by atoms with Crippen LogP contribution in [0.1, 0.15) is 50.7 Å². The lowest BCUT2D eigenvalue weighted by Crippen LogP contribution is -2.52. The molecule has 0 aromatic heterocycles. The molecular weight excluding hydrogens is 549 g/mol. The molecule has 40 heavy (non-hydrogen) atoms. The number of rotatable bonds is 11. The monoisotopic (exact) mass is 583 g/mol. The largest absolute Gasteiger partial charge is 0.352 e. The van der Waals surface area contributed by atoms with Gasteiger partial charge >= 0.3 is 0 Å². The van der Waals surface area contributed by atoms with E-state index in [4.69, 9.17) is 23.2 Å². The van der Waals surface area contributed by atoms with Crippen molar-refractivity contribution in [2.45, 2.75) is 64.6 Å².